The third-order valence-corrected chi connectivity index (χ3v) is 4.36. The van der Waals surface area contributed by atoms with Crippen LogP contribution in [0.3, 0.4) is 0 Å². The molecule has 2 unspecified atom stereocenters. The molecule has 0 saturated carbocycles. The molecule has 0 radical (unpaired) electrons. The van der Waals surface area contributed by atoms with Crippen molar-refractivity contribution in [1.82, 2.24) is 10.3 Å². The number of anilines is 1. The van der Waals surface area contributed by atoms with Gasteiger partial charge >= 0.3 is 0 Å². The van der Waals surface area contributed by atoms with Gasteiger partial charge in [-0.2, -0.15) is 0 Å². The molecular formula is C16H21N3OS. The Hall–Kier alpha value is -1.72. The average Bonchev–Trinajstić information content (AvgIpc) is 2.85. The van der Waals surface area contributed by atoms with Crippen LogP contribution < -0.4 is 10.6 Å². The molecule has 2 atom stereocenters. The van der Waals surface area contributed by atoms with Crippen molar-refractivity contribution < 1.29 is 4.79 Å². The molecule has 5 heteroatoms. The van der Waals surface area contributed by atoms with Crippen molar-refractivity contribution >= 4 is 22.9 Å². The first kappa shape index (κ1) is 15.7. The highest BCUT2D eigenvalue weighted by molar-refractivity contribution is 7.09. The largest absolute Gasteiger partial charge is 0.326 e. The molecule has 1 amide bonds. The SMILES string of the molecule is CC(=O)Nc1cccc(C(C)NC(C)c2nc(C)cs2)c1. The van der Waals surface area contributed by atoms with E-state index in [1.165, 1.54) is 6.92 Å². The number of amides is 1. The summed E-state index contributed by atoms with van der Waals surface area (Å²) in [5.74, 6) is -0.0561. The van der Waals surface area contributed by atoms with E-state index < -0.39 is 0 Å². The van der Waals surface area contributed by atoms with E-state index in [9.17, 15) is 4.79 Å². The Kier molecular flexibility index (Phi) is 5.09. The number of benzene rings is 1. The summed E-state index contributed by atoms with van der Waals surface area (Å²) in [7, 11) is 0. The predicted octanol–water partition coefficient (Wildman–Crippen LogP) is 3.82. The molecule has 21 heavy (non-hydrogen) atoms. The van der Waals surface area contributed by atoms with Crippen molar-refractivity contribution in [2.24, 2.45) is 0 Å². The first-order valence-corrected chi connectivity index (χ1v) is 7.89. The van der Waals surface area contributed by atoms with Crippen LogP contribution in [0, 0.1) is 6.92 Å². The zero-order valence-corrected chi connectivity index (χ0v) is 13.6. The van der Waals surface area contributed by atoms with Gasteiger partial charge in [-0.05, 0) is 38.5 Å². The van der Waals surface area contributed by atoms with E-state index in [2.05, 4.69) is 40.9 Å². The Morgan fingerprint density at radius 1 is 1.29 bits per heavy atom. The average molecular weight is 303 g/mol. The summed E-state index contributed by atoms with van der Waals surface area (Å²) in [5, 5.41) is 9.51. The molecule has 1 aromatic carbocycles. The van der Waals surface area contributed by atoms with Crippen LogP contribution in [-0.4, -0.2) is 10.9 Å². The molecule has 0 bridgehead atoms. The third kappa shape index (κ3) is 4.37. The van der Waals surface area contributed by atoms with Crippen LogP contribution in [0.1, 0.15) is 49.1 Å². The van der Waals surface area contributed by atoms with Crippen LogP contribution in [0.2, 0.25) is 0 Å². The molecule has 2 aromatic rings. The molecule has 0 saturated heterocycles. The number of hydrogen-bond donors (Lipinski definition) is 2. The minimum Gasteiger partial charge on any atom is -0.326 e. The fourth-order valence-electron chi connectivity index (χ4n) is 2.20. The molecule has 0 aliphatic rings. The van der Waals surface area contributed by atoms with E-state index in [4.69, 9.17) is 0 Å². The van der Waals surface area contributed by atoms with Crippen molar-refractivity contribution in [2.75, 3.05) is 5.32 Å². The van der Waals surface area contributed by atoms with Gasteiger partial charge < -0.3 is 10.6 Å². The molecule has 4 nitrogen and oxygen atoms in total. The maximum Gasteiger partial charge on any atom is 0.221 e. The number of thiazole rings is 1. The molecule has 0 aliphatic heterocycles. The number of aryl methyl sites for hydroxylation is 1. The second kappa shape index (κ2) is 6.83. The molecule has 2 rings (SSSR count). The van der Waals surface area contributed by atoms with Gasteiger partial charge in [-0.25, -0.2) is 4.98 Å². The highest BCUT2D eigenvalue weighted by Crippen LogP contribution is 2.23. The Morgan fingerprint density at radius 2 is 2.05 bits per heavy atom. The highest BCUT2D eigenvalue weighted by Gasteiger charge is 2.14. The molecule has 0 spiro atoms. The number of aromatic nitrogens is 1. The van der Waals surface area contributed by atoms with Crippen molar-refractivity contribution in [2.45, 2.75) is 39.8 Å². The molecule has 2 N–H and O–H groups in total. The summed E-state index contributed by atoms with van der Waals surface area (Å²) < 4.78 is 0. The first-order valence-electron chi connectivity index (χ1n) is 7.01. The second-order valence-electron chi connectivity index (χ2n) is 5.24. The van der Waals surface area contributed by atoms with Gasteiger partial charge in [0.2, 0.25) is 5.91 Å². The number of hydrogen-bond acceptors (Lipinski definition) is 4. The molecular weight excluding hydrogens is 282 g/mol. The van der Waals surface area contributed by atoms with Crippen molar-refractivity contribution in [3.63, 3.8) is 0 Å². The maximum atomic E-state index is 11.1. The Balaban J connectivity index is 2.05. The van der Waals surface area contributed by atoms with E-state index in [1.807, 2.05) is 25.1 Å². The van der Waals surface area contributed by atoms with Crippen LogP contribution in [-0.2, 0) is 4.79 Å². The Bertz CT molecular complexity index is 623. The van der Waals surface area contributed by atoms with Crippen molar-refractivity contribution in [3.8, 4) is 0 Å². The highest BCUT2D eigenvalue weighted by atomic mass is 32.1. The Morgan fingerprint density at radius 3 is 2.67 bits per heavy atom. The summed E-state index contributed by atoms with van der Waals surface area (Å²) in [6.45, 7) is 7.75. The van der Waals surface area contributed by atoms with Crippen LogP contribution in [0.25, 0.3) is 0 Å². The zero-order valence-electron chi connectivity index (χ0n) is 12.8. The van der Waals surface area contributed by atoms with Crippen molar-refractivity contribution in [1.29, 1.82) is 0 Å². The maximum absolute atomic E-state index is 11.1. The van der Waals surface area contributed by atoms with Crippen LogP contribution in [0.4, 0.5) is 5.69 Å². The summed E-state index contributed by atoms with van der Waals surface area (Å²) >= 11 is 1.68. The van der Waals surface area contributed by atoms with Gasteiger partial charge in [0.25, 0.3) is 0 Å². The van der Waals surface area contributed by atoms with Crippen LogP contribution in [0.15, 0.2) is 29.6 Å². The van der Waals surface area contributed by atoms with E-state index >= 15 is 0 Å². The predicted molar refractivity (Wildman–Crippen MR) is 87.6 cm³/mol. The lowest BCUT2D eigenvalue weighted by Gasteiger charge is -2.19. The lowest BCUT2D eigenvalue weighted by molar-refractivity contribution is -0.114. The molecule has 112 valence electrons. The summed E-state index contributed by atoms with van der Waals surface area (Å²) in [5.41, 5.74) is 3.02. The lowest BCUT2D eigenvalue weighted by Crippen LogP contribution is -2.22. The number of rotatable bonds is 5. The monoisotopic (exact) mass is 303 g/mol. The molecule has 0 aliphatic carbocycles. The fraction of sp³-hybridized carbons (Fsp3) is 0.375. The van der Waals surface area contributed by atoms with Crippen molar-refractivity contribution in [3.05, 3.63) is 45.9 Å². The zero-order chi connectivity index (χ0) is 15.4. The number of nitrogens with zero attached hydrogens (tertiary/aromatic N) is 1. The quantitative estimate of drug-likeness (QED) is 0.883. The number of carbonyl (C=O) groups is 1. The smallest absolute Gasteiger partial charge is 0.221 e. The molecule has 1 aromatic heterocycles. The first-order chi connectivity index (χ1) is 9.95. The lowest BCUT2D eigenvalue weighted by atomic mass is 10.1. The molecule has 0 fully saturated rings. The minimum atomic E-state index is -0.0561. The minimum absolute atomic E-state index is 0.0561. The van der Waals surface area contributed by atoms with Crippen LogP contribution >= 0.6 is 11.3 Å². The normalized spacial score (nSPS) is 13.7. The van der Waals surface area contributed by atoms with Gasteiger partial charge in [0, 0.05) is 29.7 Å². The van der Waals surface area contributed by atoms with E-state index in [0.717, 1.165) is 22.0 Å². The van der Waals surface area contributed by atoms with Gasteiger partial charge in [0.15, 0.2) is 0 Å². The number of nitrogens with one attached hydrogen (secondary N) is 2. The van der Waals surface area contributed by atoms with Gasteiger partial charge in [-0.3, -0.25) is 4.79 Å². The standard InChI is InChI=1S/C16H21N3OS/c1-10-9-21-16(17-10)12(3)18-11(2)14-6-5-7-15(8-14)19-13(4)20/h5-9,11-12,18H,1-4H3,(H,19,20). The topological polar surface area (TPSA) is 54.0 Å². The summed E-state index contributed by atoms with van der Waals surface area (Å²) in [6.07, 6.45) is 0. The van der Waals surface area contributed by atoms with E-state index in [1.54, 1.807) is 11.3 Å². The van der Waals surface area contributed by atoms with Gasteiger partial charge in [-0.1, -0.05) is 12.1 Å². The van der Waals surface area contributed by atoms with Gasteiger partial charge in [0.1, 0.15) is 5.01 Å². The van der Waals surface area contributed by atoms with E-state index in [0.29, 0.717) is 0 Å². The second-order valence-corrected chi connectivity index (χ2v) is 6.13. The molecule has 1 heterocycles. The third-order valence-electron chi connectivity index (χ3n) is 3.21. The fourth-order valence-corrected chi connectivity index (χ4v) is 3.02. The van der Waals surface area contributed by atoms with Crippen LogP contribution in [0.5, 0.6) is 0 Å². The summed E-state index contributed by atoms with van der Waals surface area (Å²) in [6, 6.07) is 8.28. The van der Waals surface area contributed by atoms with E-state index in [-0.39, 0.29) is 18.0 Å². The Labute approximate surface area is 129 Å². The summed E-state index contributed by atoms with van der Waals surface area (Å²) in [4.78, 5) is 15.6. The number of carbonyl (C=O) groups excluding carboxylic acids is 1. The van der Waals surface area contributed by atoms with Gasteiger partial charge in [-0.15, -0.1) is 11.3 Å². The van der Waals surface area contributed by atoms with Gasteiger partial charge in [0.05, 0.1) is 6.04 Å².